The predicted molar refractivity (Wildman–Crippen MR) is 105 cm³/mol. The fourth-order valence-corrected chi connectivity index (χ4v) is 3.87. The van der Waals surface area contributed by atoms with Gasteiger partial charge in [0.1, 0.15) is 17.9 Å². The number of para-hydroxylation sites is 1. The number of amides is 1. The lowest BCUT2D eigenvalue weighted by Gasteiger charge is -2.17. The van der Waals surface area contributed by atoms with E-state index in [1.165, 1.54) is 12.8 Å². The molecule has 2 aliphatic heterocycles. The van der Waals surface area contributed by atoms with Crippen molar-refractivity contribution < 1.29 is 13.9 Å². The number of fused-ring (bicyclic) bond motifs is 4. The molecule has 2 aromatic carbocycles. The van der Waals surface area contributed by atoms with Crippen molar-refractivity contribution in [2.75, 3.05) is 25.0 Å². The molecule has 0 aliphatic carbocycles. The maximum absolute atomic E-state index is 12.3. The van der Waals surface area contributed by atoms with Gasteiger partial charge in [0.15, 0.2) is 0 Å². The second-order valence-corrected chi connectivity index (χ2v) is 7.17. The second-order valence-electron chi connectivity index (χ2n) is 7.17. The van der Waals surface area contributed by atoms with E-state index in [4.69, 9.17) is 9.15 Å². The van der Waals surface area contributed by atoms with Gasteiger partial charge in [-0.1, -0.05) is 12.1 Å². The van der Waals surface area contributed by atoms with E-state index in [2.05, 4.69) is 16.3 Å². The van der Waals surface area contributed by atoms with Crippen molar-refractivity contribution in [1.82, 2.24) is 4.90 Å². The third-order valence-corrected chi connectivity index (χ3v) is 5.21. The first-order valence-corrected chi connectivity index (χ1v) is 9.40. The van der Waals surface area contributed by atoms with E-state index in [1.54, 1.807) is 0 Å². The minimum absolute atomic E-state index is 0.0178. The van der Waals surface area contributed by atoms with Crippen molar-refractivity contribution >= 4 is 22.6 Å². The van der Waals surface area contributed by atoms with Gasteiger partial charge < -0.3 is 10.1 Å². The predicted octanol–water partition coefficient (Wildman–Crippen LogP) is 4.31. The van der Waals surface area contributed by atoms with Crippen LogP contribution >= 0.6 is 0 Å². The summed E-state index contributed by atoms with van der Waals surface area (Å²) in [6.45, 7) is 2.94. The van der Waals surface area contributed by atoms with Gasteiger partial charge in [0.25, 0.3) is 0 Å². The molecule has 3 heterocycles. The van der Waals surface area contributed by atoms with Gasteiger partial charge in [0.05, 0.1) is 17.5 Å². The Kier molecular flexibility index (Phi) is 4.02. The Balaban J connectivity index is 1.45. The molecule has 0 radical (unpaired) electrons. The van der Waals surface area contributed by atoms with Crippen LogP contribution in [0.5, 0.6) is 5.75 Å². The molecule has 0 spiro atoms. The molecule has 5 rings (SSSR count). The number of likely N-dealkylation sites (tertiary alicyclic amines) is 1. The molecule has 1 fully saturated rings. The number of carbonyl (C=O) groups is 1. The largest absolute Gasteiger partial charge is 0.488 e. The van der Waals surface area contributed by atoms with Crippen LogP contribution in [0.3, 0.4) is 0 Å². The normalized spacial score (nSPS) is 15.9. The summed E-state index contributed by atoms with van der Waals surface area (Å²) in [5.41, 5.74) is 3.49. The molecular weight excluding hydrogens is 340 g/mol. The van der Waals surface area contributed by atoms with E-state index in [1.807, 2.05) is 42.5 Å². The summed E-state index contributed by atoms with van der Waals surface area (Å²) in [5.74, 6) is 1.61. The molecule has 3 aromatic rings. The minimum atomic E-state index is 0.0178. The van der Waals surface area contributed by atoms with Gasteiger partial charge in [0.2, 0.25) is 5.91 Å². The standard InChI is InChI=1S/C22H20N2O3/c25-21(13-24-9-3-4-10-24)23-17-7-8-20-18(12-17)22-16(14-26-20)11-15-5-1-2-6-19(15)27-22/h1-2,5-8,11-12H,3-4,9-10,13-14H2/p+1. The van der Waals surface area contributed by atoms with Crippen molar-refractivity contribution in [1.29, 1.82) is 0 Å². The maximum atomic E-state index is 12.3. The Morgan fingerprint density at radius 1 is 1.11 bits per heavy atom. The van der Waals surface area contributed by atoms with Crippen LogP contribution in [0, 0.1) is 0 Å². The van der Waals surface area contributed by atoms with Crippen LogP contribution in [0.25, 0.3) is 22.3 Å². The van der Waals surface area contributed by atoms with Gasteiger partial charge in [0, 0.05) is 11.8 Å². The van der Waals surface area contributed by atoms with Crippen LogP contribution in [0.2, 0.25) is 0 Å². The number of anilines is 1. The van der Waals surface area contributed by atoms with E-state index >= 15 is 0 Å². The number of rotatable bonds is 3. The zero-order valence-electron chi connectivity index (χ0n) is 15.0. The third kappa shape index (κ3) is 3.15. The van der Waals surface area contributed by atoms with Crippen LogP contribution in [0.4, 0.5) is 5.69 Å². The minimum Gasteiger partial charge on any atom is -0.488 e. The third-order valence-electron chi connectivity index (χ3n) is 5.21. The van der Waals surface area contributed by atoms with Crippen LogP contribution in [0.1, 0.15) is 18.4 Å². The lowest BCUT2D eigenvalue weighted by atomic mass is 10.0. The highest BCUT2D eigenvalue weighted by Crippen LogP contribution is 2.40. The molecule has 27 heavy (non-hydrogen) atoms. The van der Waals surface area contributed by atoms with E-state index in [0.717, 1.165) is 52.4 Å². The SMILES string of the molecule is O=C(CN1CCCC1)Nc1ccc2c(c1)-c1[o+]c3ccccc3cc1CO2. The maximum Gasteiger partial charge on any atom is 0.371 e. The number of hydrogen-bond donors (Lipinski definition) is 1. The Bertz CT molecular complexity index is 1030. The summed E-state index contributed by atoms with van der Waals surface area (Å²) < 4.78 is 12.1. The van der Waals surface area contributed by atoms with Crippen molar-refractivity contribution in [3.8, 4) is 17.1 Å². The van der Waals surface area contributed by atoms with Gasteiger partial charge in [-0.2, -0.15) is 0 Å². The number of nitrogens with zero attached hydrogens (tertiary/aromatic N) is 1. The van der Waals surface area contributed by atoms with Crippen molar-refractivity contribution in [2.24, 2.45) is 0 Å². The topological polar surface area (TPSA) is 52.9 Å². The Morgan fingerprint density at radius 3 is 2.85 bits per heavy atom. The monoisotopic (exact) mass is 361 g/mol. The summed E-state index contributed by atoms with van der Waals surface area (Å²) in [5, 5.41) is 4.06. The quantitative estimate of drug-likeness (QED) is 0.707. The molecule has 136 valence electrons. The highest BCUT2D eigenvalue weighted by molar-refractivity contribution is 5.93. The first kappa shape index (κ1) is 16.3. The first-order valence-electron chi connectivity index (χ1n) is 9.40. The summed E-state index contributed by atoms with van der Waals surface area (Å²) >= 11 is 0. The number of nitrogens with one attached hydrogen (secondary N) is 1. The van der Waals surface area contributed by atoms with E-state index in [9.17, 15) is 4.79 Å². The number of ether oxygens (including phenoxy) is 1. The lowest BCUT2D eigenvalue weighted by Crippen LogP contribution is -2.30. The average Bonchev–Trinajstić information content (AvgIpc) is 3.19. The number of hydrogen-bond acceptors (Lipinski definition) is 3. The molecule has 1 amide bonds. The fraction of sp³-hybridized carbons (Fsp3) is 0.273. The second kappa shape index (κ2) is 6.67. The molecule has 0 unspecified atom stereocenters. The molecular formula is C22H21N2O3+. The highest BCUT2D eigenvalue weighted by atomic mass is 16.5. The summed E-state index contributed by atoms with van der Waals surface area (Å²) in [6, 6.07) is 15.8. The van der Waals surface area contributed by atoms with Gasteiger partial charge in [-0.05, 0) is 56.3 Å². The Labute approximate surface area is 157 Å². The summed E-state index contributed by atoms with van der Waals surface area (Å²) in [6.07, 6.45) is 2.35. The lowest BCUT2D eigenvalue weighted by molar-refractivity contribution is -0.117. The molecule has 5 heteroatoms. The number of benzene rings is 2. The van der Waals surface area contributed by atoms with E-state index < -0.39 is 0 Å². The molecule has 1 aromatic heterocycles. The molecule has 0 atom stereocenters. The van der Waals surface area contributed by atoms with Crippen molar-refractivity contribution in [2.45, 2.75) is 19.4 Å². The fourth-order valence-electron chi connectivity index (χ4n) is 3.87. The molecule has 1 saturated heterocycles. The summed E-state index contributed by atoms with van der Waals surface area (Å²) in [7, 11) is 0. The van der Waals surface area contributed by atoms with E-state index in [0.29, 0.717) is 13.2 Å². The molecule has 1 N–H and O–H groups in total. The molecule has 0 bridgehead atoms. The zero-order chi connectivity index (χ0) is 18.2. The Morgan fingerprint density at radius 2 is 1.96 bits per heavy atom. The van der Waals surface area contributed by atoms with E-state index in [-0.39, 0.29) is 5.91 Å². The van der Waals surface area contributed by atoms with Crippen LogP contribution in [0.15, 0.2) is 52.9 Å². The summed E-state index contributed by atoms with van der Waals surface area (Å²) in [4.78, 5) is 14.5. The van der Waals surface area contributed by atoms with Gasteiger partial charge >= 0.3 is 11.3 Å². The Hall–Kier alpha value is -2.92. The highest BCUT2D eigenvalue weighted by Gasteiger charge is 2.29. The van der Waals surface area contributed by atoms with Gasteiger partial charge in [-0.15, -0.1) is 0 Å². The zero-order valence-corrected chi connectivity index (χ0v) is 15.0. The molecule has 5 nitrogen and oxygen atoms in total. The van der Waals surface area contributed by atoms with Gasteiger partial charge in [-0.3, -0.25) is 9.69 Å². The molecule has 0 saturated carbocycles. The first-order chi connectivity index (χ1) is 13.3. The van der Waals surface area contributed by atoms with Crippen LogP contribution in [-0.4, -0.2) is 30.4 Å². The molecule has 2 aliphatic rings. The van der Waals surface area contributed by atoms with Crippen LogP contribution < -0.4 is 10.1 Å². The van der Waals surface area contributed by atoms with Crippen LogP contribution in [-0.2, 0) is 11.4 Å². The average molecular weight is 361 g/mol. The van der Waals surface area contributed by atoms with Gasteiger partial charge in [-0.25, -0.2) is 4.42 Å². The number of carbonyl (C=O) groups excluding carboxylic acids is 1. The van der Waals surface area contributed by atoms with Crippen molar-refractivity contribution in [3.05, 3.63) is 54.1 Å². The van der Waals surface area contributed by atoms with Crippen molar-refractivity contribution in [3.63, 3.8) is 0 Å². The smallest absolute Gasteiger partial charge is 0.371 e.